The van der Waals surface area contributed by atoms with Gasteiger partial charge in [0.2, 0.25) is 0 Å². The van der Waals surface area contributed by atoms with E-state index in [-0.39, 0.29) is 0 Å². The first-order valence-corrected chi connectivity index (χ1v) is 4.28. The number of aromatic nitrogens is 1. The van der Waals surface area contributed by atoms with Crippen molar-refractivity contribution in [1.29, 1.82) is 0 Å². The molecule has 0 unspecified atom stereocenters. The SMILES string of the molecule is CC(C)NCc1cccn1C(F)F. The van der Waals surface area contributed by atoms with Crippen molar-refractivity contribution in [3.63, 3.8) is 0 Å². The molecule has 1 rings (SSSR count). The fourth-order valence-electron chi connectivity index (χ4n) is 1.08. The average molecular weight is 188 g/mol. The normalized spacial score (nSPS) is 11.5. The number of hydrogen-bond acceptors (Lipinski definition) is 1. The molecule has 0 aliphatic rings. The highest BCUT2D eigenvalue weighted by Gasteiger charge is 2.09. The molecule has 0 spiro atoms. The quantitative estimate of drug-likeness (QED) is 0.767. The molecule has 0 bridgehead atoms. The van der Waals surface area contributed by atoms with Gasteiger partial charge >= 0.3 is 6.55 Å². The van der Waals surface area contributed by atoms with Crippen LogP contribution in [0.25, 0.3) is 0 Å². The van der Waals surface area contributed by atoms with E-state index in [4.69, 9.17) is 0 Å². The third kappa shape index (κ3) is 2.81. The van der Waals surface area contributed by atoms with E-state index in [1.54, 1.807) is 12.1 Å². The van der Waals surface area contributed by atoms with Crippen LogP contribution in [0, 0.1) is 0 Å². The number of nitrogens with one attached hydrogen (secondary N) is 1. The van der Waals surface area contributed by atoms with Gasteiger partial charge in [-0.3, -0.25) is 4.57 Å². The van der Waals surface area contributed by atoms with Crippen molar-refractivity contribution < 1.29 is 8.78 Å². The van der Waals surface area contributed by atoms with Gasteiger partial charge in [0.1, 0.15) is 0 Å². The van der Waals surface area contributed by atoms with Crippen molar-refractivity contribution in [2.24, 2.45) is 0 Å². The standard InChI is InChI=1S/C9H14F2N2/c1-7(2)12-6-8-4-3-5-13(8)9(10)11/h3-5,7,9,12H,6H2,1-2H3. The van der Waals surface area contributed by atoms with Gasteiger partial charge in [-0.2, -0.15) is 8.78 Å². The molecule has 1 heterocycles. The Bertz CT molecular complexity index is 256. The lowest BCUT2D eigenvalue weighted by molar-refractivity contribution is 0.0673. The Morgan fingerprint density at radius 3 is 2.69 bits per heavy atom. The van der Waals surface area contributed by atoms with E-state index in [0.717, 1.165) is 4.57 Å². The minimum atomic E-state index is -2.45. The summed E-state index contributed by atoms with van der Waals surface area (Å²) in [4.78, 5) is 0. The number of halogens is 2. The van der Waals surface area contributed by atoms with E-state index in [9.17, 15) is 8.78 Å². The molecular weight excluding hydrogens is 174 g/mol. The zero-order valence-corrected chi connectivity index (χ0v) is 7.80. The topological polar surface area (TPSA) is 17.0 Å². The highest BCUT2D eigenvalue weighted by Crippen LogP contribution is 2.14. The van der Waals surface area contributed by atoms with Crippen LogP contribution in [-0.2, 0) is 6.54 Å². The summed E-state index contributed by atoms with van der Waals surface area (Å²) in [5.74, 6) is 0. The summed E-state index contributed by atoms with van der Waals surface area (Å²) in [5, 5.41) is 3.09. The zero-order valence-electron chi connectivity index (χ0n) is 7.80. The maximum absolute atomic E-state index is 12.3. The van der Waals surface area contributed by atoms with Gasteiger partial charge in [-0.15, -0.1) is 0 Å². The summed E-state index contributed by atoms with van der Waals surface area (Å²) in [6.45, 7) is 2.00. The second kappa shape index (κ2) is 4.37. The molecule has 0 aliphatic carbocycles. The molecule has 0 aliphatic heterocycles. The number of alkyl halides is 2. The van der Waals surface area contributed by atoms with E-state index in [0.29, 0.717) is 18.3 Å². The van der Waals surface area contributed by atoms with Gasteiger partial charge in [0, 0.05) is 24.5 Å². The van der Waals surface area contributed by atoms with Crippen molar-refractivity contribution in [3.05, 3.63) is 24.0 Å². The average Bonchev–Trinajstić information content (AvgIpc) is 2.47. The minimum absolute atomic E-state index is 0.307. The van der Waals surface area contributed by atoms with Crippen LogP contribution in [0.15, 0.2) is 18.3 Å². The lowest BCUT2D eigenvalue weighted by Gasteiger charge is -2.10. The van der Waals surface area contributed by atoms with Gasteiger partial charge in [-0.25, -0.2) is 0 Å². The summed E-state index contributed by atoms with van der Waals surface area (Å²) in [5.41, 5.74) is 0.615. The number of nitrogens with zero attached hydrogens (tertiary/aromatic N) is 1. The van der Waals surface area contributed by atoms with Gasteiger partial charge in [-0.1, -0.05) is 13.8 Å². The predicted octanol–water partition coefficient (Wildman–Crippen LogP) is 2.38. The molecule has 0 saturated heterocycles. The van der Waals surface area contributed by atoms with Gasteiger partial charge in [0.25, 0.3) is 0 Å². The Labute approximate surface area is 76.6 Å². The fourth-order valence-corrected chi connectivity index (χ4v) is 1.08. The van der Waals surface area contributed by atoms with Gasteiger partial charge in [-0.05, 0) is 12.1 Å². The highest BCUT2D eigenvalue weighted by molar-refractivity contribution is 5.07. The molecule has 0 amide bonds. The molecule has 74 valence electrons. The second-order valence-electron chi connectivity index (χ2n) is 3.22. The summed E-state index contributed by atoms with van der Waals surface area (Å²) >= 11 is 0. The zero-order chi connectivity index (χ0) is 9.84. The van der Waals surface area contributed by atoms with Crippen molar-refractivity contribution in [1.82, 2.24) is 9.88 Å². The van der Waals surface area contributed by atoms with Crippen LogP contribution in [0.4, 0.5) is 8.78 Å². The molecule has 1 aromatic rings. The third-order valence-electron chi connectivity index (χ3n) is 1.77. The third-order valence-corrected chi connectivity index (χ3v) is 1.77. The van der Waals surface area contributed by atoms with Gasteiger partial charge in [0.15, 0.2) is 0 Å². The monoisotopic (exact) mass is 188 g/mol. The summed E-state index contributed by atoms with van der Waals surface area (Å²) < 4.78 is 25.6. The largest absolute Gasteiger partial charge is 0.318 e. The van der Waals surface area contributed by atoms with E-state index in [2.05, 4.69) is 5.32 Å². The smallest absolute Gasteiger partial charge is 0.309 e. The van der Waals surface area contributed by atoms with Crippen LogP contribution in [0.3, 0.4) is 0 Å². The molecular formula is C9H14F2N2. The Kier molecular flexibility index (Phi) is 3.42. The molecule has 13 heavy (non-hydrogen) atoms. The Morgan fingerprint density at radius 2 is 2.15 bits per heavy atom. The summed E-state index contributed by atoms with van der Waals surface area (Å²) in [6.07, 6.45) is 1.39. The van der Waals surface area contributed by atoms with Gasteiger partial charge < -0.3 is 5.32 Å². The van der Waals surface area contributed by atoms with E-state index in [1.807, 2.05) is 13.8 Å². The first-order chi connectivity index (χ1) is 6.11. The molecule has 0 fully saturated rings. The van der Waals surface area contributed by atoms with Crippen molar-refractivity contribution in [3.8, 4) is 0 Å². The molecule has 4 heteroatoms. The summed E-state index contributed by atoms with van der Waals surface area (Å²) in [6, 6.07) is 3.63. The molecule has 0 aromatic carbocycles. The van der Waals surface area contributed by atoms with E-state index < -0.39 is 6.55 Å². The Morgan fingerprint density at radius 1 is 1.46 bits per heavy atom. The van der Waals surface area contributed by atoms with Crippen molar-refractivity contribution in [2.45, 2.75) is 33.0 Å². The van der Waals surface area contributed by atoms with Crippen LogP contribution >= 0.6 is 0 Å². The molecule has 1 N–H and O–H groups in total. The first kappa shape index (κ1) is 10.2. The molecule has 0 saturated carbocycles. The Balaban J connectivity index is 2.60. The highest BCUT2D eigenvalue weighted by atomic mass is 19.3. The Hall–Kier alpha value is -0.900. The molecule has 0 radical (unpaired) electrons. The molecule has 0 atom stereocenters. The molecule has 2 nitrogen and oxygen atoms in total. The lowest BCUT2D eigenvalue weighted by atomic mass is 10.3. The summed E-state index contributed by atoms with van der Waals surface area (Å²) in [7, 11) is 0. The van der Waals surface area contributed by atoms with Gasteiger partial charge in [0.05, 0.1) is 0 Å². The van der Waals surface area contributed by atoms with Crippen LogP contribution in [0.2, 0.25) is 0 Å². The van der Waals surface area contributed by atoms with Crippen molar-refractivity contribution >= 4 is 0 Å². The van der Waals surface area contributed by atoms with Crippen LogP contribution < -0.4 is 5.32 Å². The van der Waals surface area contributed by atoms with E-state index >= 15 is 0 Å². The number of rotatable bonds is 4. The van der Waals surface area contributed by atoms with E-state index in [1.165, 1.54) is 6.20 Å². The second-order valence-corrected chi connectivity index (χ2v) is 3.22. The molecule has 1 aromatic heterocycles. The first-order valence-electron chi connectivity index (χ1n) is 4.28. The van der Waals surface area contributed by atoms with Crippen molar-refractivity contribution in [2.75, 3.05) is 0 Å². The maximum atomic E-state index is 12.3. The lowest BCUT2D eigenvalue weighted by Crippen LogP contribution is -2.23. The predicted molar refractivity (Wildman–Crippen MR) is 47.7 cm³/mol. The maximum Gasteiger partial charge on any atom is 0.318 e. The van der Waals surface area contributed by atoms with Crippen LogP contribution in [0.1, 0.15) is 26.1 Å². The fraction of sp³-hybridized carbons (Fsp3) is 0.556. The van der Waals surface area contributed by atoms with Crippen LogP contribution in [0.5, 0.6) is 0 Å². The number of hydrogen-bond donors (Lipinski definition) is 1. The minimum Gasteiger partial charge on any atom is -0.309 e. The van der Waals surface area contributed by atoms with Crippen LogP contribution in [-0.4, -0.2) is 10.6 Å².